The summed E-state index contributed by atoms with van der Waals surface area (Å²) < 4.78 is 0. The average Bonchev–Trinajstić information content (AvgIpc) is 4.00. The van der Waals surface area contributed by atoms with Crippen molar-refractivity contribution in [3.05, 3.63) is 270 Å². The summed E-state index contributed by atoms with van der Waals surface area (Å²) in [6, 6.07) is 88.3. The van der Waals surface area contributed by atoms with Crippen LogP contribution >= 0.6 is 0 Å². The van der Waals surface area contributed by atoms with Gasteiger partial charge in [0.1, 0.15) is 0 Å². The second kappa shape index (κ2) is 15.3. The molecule has 0 aliphatic heterocycles. The highest BCUT2D eigenvalue weighted by molar-refractivity contribution is 5.96. The topological polar surface area (TPSA) is 3.24 Å². The number of nitrogens with zero attached hydrogens (tertiary/aromatic N) is 1. The highest BCUT2D eigenvalue weighted by Gasteiger charge is 2.48. The summed E-state index contributed by atoms with van der Waals surface area (Å²) in [5.41, 5.74) is 26.7. The fourth-order valence-electron chi connectivity index (χ4n) is 12.3. The Morgan fingerprint density at radius 2 is 0.806 bits per heavy atom. The van der Waals surface area contributed by atoms with Crippen LogP contribution < -0.4 is 4.90 Å². The van der Waals surface area contributed by atoms with E-state index in [9.17, 15) is 0 Å². The maximum Gasteiger partial charge on any atom is 0.0540 e. The van der Waals surface area contributed by atoms with Crippen molar-refractivity contribution in [3.63, 3.8) is 0 Å². The van der Waals surface area contributed by atoms with Gasteiger partial charge >= 0.3 is 0 Å². The molecule has 67 heavy (non-hydrogen) atoms. The molecule has 0 amide bonds. The number of para-hydroxylation sites is 1. The molecule has 0 fully saturated rings. The lowest BCUT2D eigenvalue weighted by Crippen LogP contribution is -2.24. The quantitative estimate of drug-likeness (QED) is 0.154. The molecule has 10 aromatic rings. The summed E-state index contributed by atoms with van der Waals surface area (Å²) in [5.74, 6) is 0. The lowest BCUT2D eigenvalue weighted by molar-refractivity contribution is 0.626. The van der Waals surface area contributed by atoms with Gasteiger partial charge in [0.05, 0.1) is 5.69 Å². The van der Waals surface area contributed by atoms with Crippen LogP contribution in [0.3, 0.4) is 0 Å². The third-order valence-corrected chi connectivity index (χ3v) is 15.3. The zero-order valence-corrected chi connectivity index (χ0v) is 37.9. The Kier molecular flexibility index (Phi) is 8.99. The van der Waals surface area contributed by atoms with Crippen LogP contribution in [0.2, 0.25) is 0 Å². The standard InChI is InChI=1S/C66H49N/c1-65(2)60-28-13-9-23-54(60)57-25-16-26-58(64(57)65)56-24-11-15-30-63(56)67(50-39-40-55-53-22-10-14-29-61(53)66(62(55)43-50)42-41-48-19-6-12-27-59(48)66)49-37-35-47(36-38-49)52-21-8-7-20-51(52)46-33-31-45(32-34-46)44-17-4-3-5-18-44/h3-40,43H,41-42H2,1-2H3. The number of hydrogen-bond acceptors (Lipinski definition) is 1. The minimum absolute atomic E-state index is 0.168. The van der Waals surface area contributed by atoms with Crippen molar-refractivity contribution >= 4 is 17.1 Å². The van der Waals surface area contributed by atoms with E-state index >= 15 is 0 Å². The molecule has 3 aliphatic carbocycles. The Bertz CT molecular complexity index is 3540. The fraction of sp³-hybridized carbons (Fsp3) is 0.0909. The van der Waals surface area contributed by atoms with Gasteiger partial charge in [-0.15, -0.1) is 0 Å². The molecule has 0 saturated carbocycles. The van der Waals surface area contributed by atoms with Gasteiger partial charge in [-0.2, -0.15) is 0 Å². The molecule has 1 unspecified atom stereocenters. The van der Waals surface area contributed by atoms with Gasteiger partial charge in [-0.3, -0.25) is 0 Å². The fourth-order valence-corrected chi connectivity index (χ4v) is 12.3. The van der Waals surface area contributed by atoms with Crippen LogP contribution in [0.5, 0.6) is 0 Å². The Labute approximate surface area is 394 Å². The van der Waals surface area contributed by atoms with E-state index in [-0.39, 0.29) is 10.8 Å². The van der Waals surface area contributed by atoms with E-state index < -0.39 is 0 Å². The van der Waals surface area contributed by atoms with Gasteiger partial charge in [0.25, 0.3) is 0 Å². The number of fused-ring (bicyclic) bond motifs is 10. The van der Waals surface area contributed by atoms with Crippen LogP contribution in [0, 0.1) is 0 Å². The summed E-state index contributed by atoms with van der Waals surface area (Å²) in [6.07, 6.45) is 2.13. The zero-order valence-electron chi connectivity index (χ0n) is 37.9. The molecular weight excluding hydrogens is 807 g/mol. The maximum absolute atomic E-state index is 2.53. The van der Waals surface area contributed by atoms with E-state index in [0.29, 0.717) is 0 Å². The largest absolute Gasteiger partial charge is 0.310 e. The number of benzene rings is 10. The van der Waals surface area contributed by atoms with Crippen LogP contribution in [0.25, 0.3) is 66.8 Å². The Morgan fingerprint density at radius 3 is 1.52 bits per heavy atom. The third-order valence-electron chi connectivity index (χ3n) is 15.3. The summed E-state index contributed by atoms with van der Waals surface area (Å²) in [4.78, 5) is 2.53. The number of anilines is 3. The SMILES string of the molecule is CC1(C)c2ccccc2-c2cccc(-c3ccccc3N(c3ccc(-c4ccccc4-c4ccc(-c5ccccc5)cc4)cc3)c3ccc4c(c3)C3(CCc5ccccc53)c3ccccc3-4)c21. The van der Waals surface area contributed by atoms with Crippen molar-refractivity contribution < 1.29 is 0 Å². The van der Waals surface area contributed by atoms with Gasteiger partial charge in [-0.25, -0.2) is 0 Å². The minimum atomic E-state index is -0.202. The lowest BCUT2D eigenvalue weighted by atomic mass is 9.73. The van der Waals surface area contributed by atoms with Crippen molar-refractivity contribution in [1.82, 2.24) is 0 Å². The molecule has 1 heteroatoms. The molecule has 0 bridgehead atoms. The average molecular weight is 856 g/mol. The number of aryl methyl sites for hydroxylation is 1. The molecule has 0 aromatic heterocycles. The highest BCUT2D eigenvalue weighted by atomic mass is 15.1. The van der Waals surface area contributed by atoms with Crippen molar-refractivity contribution in [1.29, 1.82) is 0 Å². The number of rotatable bonds is 7. The molecule has 1 spiro atoms. The Morgan fingerprint density at radius 1 is 0.328 bits per heavy atom. The predicted molar refractivity (Wildman–Crippen MR) is 281 cm³/mol. The molecule has 0 saturated heterocycles. The smallest absolute Gasteiger partial charge is 0.0540 e. The van der Waals surface area contributed by atoms with Crippen molar-refractivity contribution in [2.24, 2.45) is 0 Å². The third kappa shape index (κ3) is 6.01. The molecule has 13 rings (SSSR count). The molecule has 0 N–H and O–H groups in total. The summed E-state index contributed by atoms with van der Waals surface area (Å²) in [7, 11) is 0. The van der Waals surface area contributed by atoms with Crippen LogP contribution in [0.4, 0.5) is 17.1 Å². The Hall–Kier alpha value is -8.00. The van der Waals surface area contributed by atoms with Gasteiger partial charge in [0.2, 0.25) is 0 Å². The molecule has 0 radical (unpaired) electrons. The van der Waals surface area contributed by atoms with Crippen LogP contribution in [-0.2, 0) is 17.3 Å². The van der Waals surface area contributed by atoms with Crippen LogP contribution in [-0.4, -0.2) is 0 Å². The highest BCUT2D eigenvalue weighted by Crippen LogP contribution is 2.60. The van der Waals surface area contributed by atoms with Crippen molar-refractivity contribution in [2.75, 3.05) is 4.90 Å². The molecule has 0 heterocycles. The van der Waals surface area contributed by atoms with Gasteiger partial charge in [0, 0.05) is 27.8 Å². The van der Waals surface area contributed by atoms with Gasteiger partial charge < -0.3 is 4.90 Å². The molecule has 3 aliphatic rings. The van der Waals surface area contributed by atoms with Crippen LogP contribution in [0.1, 0.15) is 53.6 Å². The first-order valence-corrected chi connectivity index (χ1v) is 23.8. The first kappa shape index (κ1) is 39.4. The Balaban J connectivity index is 0.981. The molecule has 1 atom stereocenters. The lowest BCUT2D eigenvalue weighted by Gasteiger charge is -2.32. The summed E-state index contributed by atoms with van der Waals surface area (Å²) in [6.45, 7) is 4.79. The minimum Gasteiger partial charge on any atom is -0.310 e. The molecule has 1 nitrogen and oxygen atoms in total. The van der Waals surface area contributed by atoms with E-state index in [1.54, 1.807) is 0 Å². The summed E-state index contributed by atoms with van der Waals surface area (Å²) in [5, 5.41) is 0. The van der Waals surface area contributed by atoms with E-state index in [2.05, 4.69) is 255 Å². The number of hydrogen-bond donors (Lipinski definition) is 0. The summed E-state index contributed by atoms with van der Waals surface area (Å²) >= 11 is 0. The normalized spacial score (nSPS) is 15.7. The van der Waals surface area contributed by atoms with Gasteiger partial charge in [-0.1, -0.05) is 220 Å². The predicted octanol–water partition coefficient (Wildman–Crippen LogP) is 17.4. The van der Waals surface area contributed by atoms with E-state index in [1.165, 1.54) is 100 Å². The molecule has 10 aromatic carbocycles. The van der Waals surface area contributed by atoms with E-state index in [0.717, 1.165) is 29.9 Å². The van der Waals surface area contributed by atoms with E-state index in [1.807, 2.05) is 0 Å². The van der Waals surface area contributed by atoms with Crippen LogP contribution in [0.15, 0.2) is 237 Å². The van der Waals surface area contributed by atoms with Gasteiger partial charge in [-0.05, 0) is 138 Å². The maximum atomic E-state index is 2.53. The molecule has 318 valence electrons. The second-order valence-corrected chi connectivity index (χ2v) is 19.1. The van der Waals surface area contributed by atoms with Crippen molar-refractivity contribution in [3.8, 4) is 66.8 Å². The van der Waals surface area contributed by atoms with Gasteiger partial charge in [0.15, 0.2) is 0 Å². The van der Waals surface area contributed by atoms with Crippen molar-refractivity contribution in [2.45, 2.75) is 37.5 Å². The second-order valence-electron chi connectivity index (χ2n) is 19.1. The first-order valence-electron chi connectivity index (χ1n) is 23.8. The monoisotopic (exact) mass is 855 g/mol. The van der Waals surface area contributed by atoms with E-state index in [4.69, 9.17) is 0 Å². The first-order chi connectivity index (χ1) is 33.0. The zero-order chi connectivity index (χ0) is 44.7. The molecular formula is C66H49N.